The fraction of sp³-hybridized carbons (Fsp3) is 0.455. The first kappa shape index (κ1) is 13.5. The monoisotopic (exact) mass is 262 g/mol. The van der Waals surface area contributed by atoms with Gasteiger partial charge in [-0.1, -0.05) is 17.7 Å². The Hall–Kier alpha value is -0.580. The summed E-state index contributed by atoms with van der Waals surface area (Å²) >= 11 is 5.41. The molecule has 0 fully saturated rings. The third kappa shape index (κ3) is 4.12. The SMILES string of the molecule is Cc1ccc(S(=O)(=O)CCOCCCl)cc1. The van der Waals surface area contributed by atoms with E-state index in [2.05, 4.69) is 0 Å². The number of sulfone groups is 1. The first-order valence-electron chi connectivity index (χ1n) is 4.99. The molecule has 5 heteroatoms. The van der Waals surface area contributed by atoms with Crippen LogP contribution in [0.25, 0.3) is 0 Å². The summed E-state index contributed by atoms with van der Waals surface area (Å²) in [7, 11) is -3.23. The smallest absolute Gasteiger partial charge is 0.180 e. The Labute approximate surface area is 101 Å². The van der Waals surface area contributed by atoms with Crippen molar-refractivity contribution in [2.24, 2.45) is 0 Å². The number of rotatable bonds is 6. The maximum absolute atomic E-state index is 11.8. The molecule has 1 rings (SSSR count). The molecule has 0 aliphatic heterocycles. The van der Waals surface area contributed by atoms with Crippen LogP contribution in [0.15, 0.2) is 29.2 Å². The highest BCUT2D eigenvalue weighted by Gasteiger charge is 2.13. The van der Waals surface area contributed by atoms with Gasteiger partial charge in [0.25, 0.3) is 0 Å². The molecule has 0 bridgehead atoms. The Morgan fingerprint density at radius 1 is 1.19 bits per heavy atom. The van der Waals surface area contributed by atoms with Crippen LogP contribution in [0.3, 0.4) is 0 Å². The van der Waals surface area contributed by atoms with Gasteiger partial charge in [-0.15, -0.1) is 11.6 Å². The molecular weight excluding hydrogens is 248 g/mol. The van der Waals surface area contributed by atoms with Crippen LogP contribution in [0.4, 0.5) is 0 Å². The minimum absolute atomic E-state index is 0.00699. The quantitative estimate of drug-likeness (QED) is 0.582. The van der Waals surface area contributed by atoms with E-state index < -0.39 is 9.84 Å². The van der Waals surface area contributed by atoms with Crippen molar-refractivity contribution in [1.29, 1.82) is 0 Å². The molecule has 0 saturated heterocycles. The zero-order chi connectivity index (χ0) is 12.0. The Morgan fingerprint density at radius 3 is 2.38 bits per heavy atom. The molecule has 0 radical (unpaired) electrons. The Kier molecular flexibility index (Phi) is 5.25. The fourth-order valence-electron chi connectivity index (χ4n) is 1.19. The second-order valence-corrected chi connectivity index (χ2v) is 5.92. The topological polar surface area (TPSA) is 43.4 Å². The van der Waals surface area contributed by atoms with Crippen molar-refractivity contribution >= 4 is 21.4 Å². The second kappa shape index (κ2) is 6.23. The Balaban J connectivity index is 2.60. The molecule has 0 aromatic heterocycles. The van der Waals surface area contributed by atoms with Crippen LogP contribution in [0.1, 0.15) is 5.56 Å². The van der Waals surface area contributed by atoms with Crippen molar-refractivity contribution in [1.82, 2.24) is 0 Å². The predicted molar refractivity (Wildman–Crippen MR) is 64.8 cm³/mol. The largest absolute Gasteiger partial charge is 0.379 e. The molecule has 1 aromatic carbocycles. The van der Waals surface area contributed by atoms with Crippen LogP contribution < -0.4 is 0 Å². The number of alkyl halides is 1. The molecule has 0 aliphatic rings. The van der Waals surface area contributed by atoms with E-state index in [1.165, 1.54) is 0 Å². The van der Waals surface area contributed by atoms with E-state index in [1.807, 2.05) is 6.92 Å². The van der Waals surface area contributed by atoms with Crippen molar-refractivity contribution in [2.75, 3.05) is 24.8 Å². The van der Waals surface area contributed by atoms with E-state index in [-0.39, 0.29) is 12.4 Å². The van der Waals surface area contributed by atoms with Crippen molar-refractivity contribution in [3.05, 3.63) is 29.8 Å². The van der Waals surface area contributed by atoms with Gasteiger partial charge in [0.15, 0.2) is 9.84 Å². The normalized spacial score (nSPS) is 11.6. The summed E-state index contributed by atoms with van der Waals surface area (Å²) in [6.07, 6.45) is 0. The molecule has 0 unspecified atom stereocenters. The molecule has 0 atom stereocenters. The molecule has 16 heavy (non-hydrogen) atoms. The van der Waals surface area contributed by atoms with Gasteiger partial charge in [0.1, 0.15) is 0 Å². The summed E-state index contributed by atoms with van der Waals surface area (Å²) in [4.78, 5) is 0.340. The maximum atomic E-state index is 11.8. The molecule has 90 valence electrons. The first-order valence-corrected chi connectivity index (χ1v) is 7.18. The van der Waals surface area contributed by atoms with E-state index in [0.717, 1.165) is 5.56 Å². The van der Waals surface area contributed by atoms with Crippen LogP contribution in [0, 0.1) is 6.92 Å². The average Bonchev–Trinajstić information content (AvgIpc) is 2.25. The standard InChI is InChI=1S/C11H15ClO3S/c1-10-2-4-11(5-3-10)16(13,14)9-8-15-7-6-12/h2-5H,6-9H2,1H3. The number of benzene rings is 1. The van der Waals surface area contributed by atoms with Gasteiger partial charge in [-0.3, -0.25) is 0 Å². The summed E-state index contributed by atoms with van der Waals surface area (Å²) in [5.41, 5.74) is 1.04. The van der Waals surface area contributed by atoms with E-state index in [9.17, 15) is 8.42 Å². The van der Waals surface area contributed by atoms with Gasteiger partial charge in [0.2, 0.25) is 0 Å². The summed E-state index contributed by atoms with van der Waals surface area (Å²) < 4.78 is 28.6. The van der Waals surface area contributed by atoms with E-state index in [1.54, 1.807) is 24.3 Å². The summed E-state index contributed by atoms with van der Waals surface area (Å²) in [5.74, 6) is 0.373. The van der Waals surface area contributed by atoms with Gasteiger partial charge in [-0.05, 0) is 19.1 Å². The van der Waals surface area contributed by atoms with Crippen LogP contribution in [-0.4, -0.2) is 33.3 Å². The number of halogens is 1. The third-order valence-corrected chi connectivity index (χ3v) is 3.95. The van der Waals surface area contributed by atoms with Gasteiger partial charge in [0.05, 0.1) is 23.9 Å². The van der Waals surface area contributed by atoms with Gasteiger partial charge in [-0.2, -0.15) is 0 Å². The molecule has 0 saturated carbocycles. The first-order chi connectivity index (χ1) is 7.56. The summed E-state index contributed by atoms with van der Waals surface area (Å²) in [6.45, 7) is 2.48. The van der Waals surface area contributed by atoms with Crippen LogP contribution in [0.2, 0.25) is 0 Å². The molecule has 0 aliphatic carbocycles. The lowest BCUT2D eigenvalue weighted by atomic mass is 10.2. The van der Waals surface area contributed by atoms with Gasteiger partial charge < -0.3 is 4.74 Å². The maximum Gasteiger partial charge on any atom is 0.180 e. The zero-order valence-corrected chi connectivity index (χ0v) is 10.7. The van der Waals surface area contributed by atoms with Gasteiger partial charge in [0, 0.05) is 5.88 Å². The predicted octanol–water partition coefficient (Wildman–Crippen LogP) is 2.02. The van der Waals surface area contributed by atoms with Gasteiger partial charge >= 0.3 is 0 Å². The lowest BCUT2D eigenvalue weighted by Crippen LogP contribution is -2.13. The Bertz CT molecular complexity index is 411. The van der Waals surface area contributed by atoms with E-state index in [0.29, 0.717) is 17.4 Å². The van der Waals surface area contributed by atoms with Crippen molar-refractivity contribution < 1.29 is 13.2 Å². The third-order valence-electron chi connectivity index (χ3n) is 2.10. The highest BCUT2D eigenvalue weighted by Crippen LogP contribution is 2.11. The minimum Gasteiger partial charge on any atom is -0.379 e. The van der Waals surface area contributed by atoms with Crippen molar-refractivity contribution in [2.45, 2.75) is 11.8 Å². The number of aryl methyl sites for hydroxylation is 1. The zero-order valence-electron chi connectivity index (χ0n) is 9.15. The summed E-state index contributed by atoms with van der Waals surface area (Å²) in [6, 6.07) is 6.80. The Morgan fingerprint density at radius 2 is 1.81 bits per heavy atom. The lowest BCUT2D eigenvalue weighted by molar-refractivity contribution is 0.165. The highest BCUT2D eigenvalue weighted by molar-refractivity contribution is 7.91. The van der Waals surface area contributed by atoms with Gasteiger partial charge in [-0.25, -0.2) is 8.42 Å². The number of hydrogen-bond acceptors (Lipinski definition) is 3. The van der Waals surface area contributed by atoms with Crippen LogP contribution >= 0.6 is 11.6 Å². The molecule has 3 nitrogen and oxygen atoms in total. The molecule has 1 aromatic rings. The molecular formula is C11H15ClO3S. The van der Waals surface area contributed by atoms with Crippen molar-refractivity contribution in [3.8, 4) is 0 Å². The van der Waals surface area contributed by atoms with Crippen LogP contribution in [0.5, 0.6) is 0 Å². The average molecular weight is 263 g/mol. The van der Waals surface area contributed by atoms with Crippen molar-refractivity contribution in [3.63, 3.8) is 0 Å². The van der Waals surface area contributed by atoms with Crippen LogP contribution in [-0.2, 0) is 14.6 Å². The molecule has 0 N–H and O–H groups in total. The minimum atomic E-state index is -3.23. The van der Waals surface area contributed by atoms with E-state index >= 15 is 0 Å². The molecule has 0 heterocycles. The lowest BCUT2D eigenvalue weighted by Gasteiger charge is -2.05. The molecule has 0 spiro atoms. The highest BCUT2D eigenvalue weighted by atomic mass is 35.5. The fourth-order valence-corrected chi connectivity index (χ4v) is 2.42. The summed E-state index contributed by atoms with van der Waals surface area (Å²) in [5, 5.41) is 0. The second-order valence-electron chi connectivity index (χ2n) is 3.43. The van der Waals surface area contributed by atoms with E-state index in [4.69, 9.17) is 16.3 Å². The number of hydrogen-bond donors (Lipinski definition) is 0. The molecule has 0 amide bonds. The number of ether oxygens (including phenoxy) is 1.